The minimum Gasteiger partial charge on any atom is -0.469 e. The average Bonchev–Trinajstić information content (AvgIpc) is 2.96. The van der Waals surface area contributed by atoms with Crippen LogP contribution in [0.25, 0.3) is 0 Å². The highest BCUT2D eigenvalue weighted by Crippen LogP contribution is 2.15. The zero-order valence-electron chi connectivity index (χ0n) is 9.31. The molecule has 0 bridgehead atoms. The first-order valence-corrected chi connectivity index (χ1v) is 5.51. The molecule has 86 valence electrons. The van der Waals surface area contributed by atoms with Gasteiger partial charge in [-0.1, -0.05) is 6.92 Å². The number of rotatable bonds is 6. The van der Waals surface area contributed by atoms with Crippen LogP contribution in [-0.2, 0) is 6.42 Å². The van der Waals surface area contributed by atoms with Crippen LogP contribution in [0, 0.1) is 0 Å². The second kappa shape index (κ2) is 5.46. The molecule has 0 spiro atoms. The molecule has 0 radical (unpaired) electrons. The van der Waals surface area contributed by atoms with Gasteiger partial charge in [-0.15, -0.1) is 0 Å². The van der Waals surface area contributed by atoms with Crippen LogP contribution in [0.3, 0.4) is 0 Å². The van der Waals surface area contributed by atoms with E-state index in [0.29, 0.717) is 0 Å². The normalized spacial score (nSPS) is 12.8. The van der Waals surface area contributed by atoms with Gasteiger partial charge >= 0.3 is 0 Å². The van der Waals surface area contributed by atoms with Crippen LogP contribution in [0.1, 0.15) is 30.8 Å². The molecule has 2 aromatic heterocycles. The molecule has 0 fully saturated rings. The Morgan fingerprint density at radius 3 is 3.12 bits per heavy atom. The van der Waals surface area contributed by atoms with Crippen LogP contribution >= 0.6 is 0 Å². The third kappa shape index (κ3) is 2.70. The second-order valence-electron chi connectivity index (χ2n) is 3.69. The largest absolute Gasteiger partial charge is 0.469 e. The van der Waals surface area contributed by atoms with Crippen molar-refractivity contribution in [1.29, 1.82) is 0 Å². The van der Waals surface area contributed by atoms with E-state index in [1.165, 1.54) is 0 Å². The average molecular weight is 220 g/mol. The standard InChI is InChI=1S/C11H16N4O/c1-2-5-12-10(11-8-13-15-14-11)7-9-4-3-6-16-9/h3-4,6,8,10,12H,2,5,7H2,1H3,(H,13,14,15). The number of nitrogens with one attached hydrogen (secondary N) is 2. The third-order valence-corrected chi connectivity index (χ3v) is 2.42. The molecule has 0 saturated heterocycles. The summed E-state index contributed by atoms with van der Waals surface area (Å²) in [7, 11) is 0. The number of nitrogens with zero attached hydrogens (tertiary/aromatic N) is 2. The van der Waals surface area contributed by atoms with Gasteiger partial charge in [0.15, 0.2) is 0 Å². The summed E-state index contributed by atoms with van der Waals surface area (Å²) in [5.74, 6) is 0.955. The fraction of sp³-hybridized carbons (Fsp3) is 0.455. The first-order valence-electron chi connectivity index (χ1n) is 5.51. The lowest BCUT2D eigenvalue weighted by Gasteiger charge is -2.14. The Labute approximate surface area is 94.2 Å². The Hall–Kier alpha value is -1.62. The molecule has 0 aliphatic carbocycles. The molecule has 16 heavy (non-hydrogen) atoms. The highest BCUT2D eigenvalue weighted by molar-refractivity contribution is 5.07. The van der Waals surface area contributed by atoms with Crippen molar-refractivity contribution in [3.05, 3.63) is 36.0 Å². The van der Waals surface area contributed by atoms with Gasteiger partial charge < -0.3 is 9.73 Å². The number of hydrogen-bond donors (Lipinski definition) is 2. The van der Waals surface area contributed by atoms with E-state index < -0.39 is 0 Å². The van der Waals surface area contributed by atoms with Crippen LogP contribution < -0.4 is 5.32 Å². The molecule has 2 rings (SSSR count). The number of H-pyrrole nitrogens is 1. The molecule has 0 amide bonds. The Morgan fingerprint density at radius 1 is 1.56 bits per heavy atom. The van der Waals surface area contributed by atoms with Gasteiger partial charge in [-0.25, -0.2) is 0 Å². The van der Waals surface area contributed by atoms with Gasteiger partial charge in [0, 0.05) is 6.42 Å². The van der Waals surface area contributed by atoms with Crippen molar-refractivity contribution < 1.29 is 4.42 Å². The van der Waals surface area contributed by atoms with Crippen molar-refractivity contribution in [2.24, 2.45) is 0 Å². The minimum absolute atomic E-state index is 0.157. The molecule has 2 N–H and O–H groups in total. The van der Waals surface area contributed by atoms with E-state index in [1.54, 1.807) is 12.5 Å². The van der Waals surface area contributed by atoms with Crippen molar-refractivity contribution in [2.45, 2.75) is 25.8 Å². The van der Waals surface area contributed by atoms with Gasteiger partial charge in [0.05, 0.1) is 24.2 Å². The van der Waals surface area contributed by atoms with Crippen LogP contribution in [0.5, 0.6) is 0 Å². The maximum atomic E-state index is 5.34. The Morgan fingerprint density at radius 2 is 2.50 bits per heavy atom. The molecule has 0 saturated carbocycles. The zero-order chi connectivity index (χ0) is 11.2. The van der Waals surface area contributed by atoms with Gasteiger partial charge in [0.1, 0.15) is 5.76 Å². The maximum absolute atomic E-state index is 5.34. The predicted octanol–water partition coefficient (Wildman–Crippen LogP) is 1.68. The van der Waals surface area contributed by atoms with Gasteiger partial charge in [-0.05, 0) is 25.1 Å². The molecule has 1 unspecified atom stereocenters. The molecule has 0 aromatic carbocycles. The lowest BCUT2D eigenvalue weighted by molar-refractivity contribution is 0.443. The van der Waals surface area contributed by atoms with Gasteiger partial charge in [-0.2, -0.15) is 15.4 Å². The molecule has 5 heteroatoms. The third-order valence-electron chi connectivity index (χ3n) is 2.42. The Bertz CT molecular complexity index is 382. The zero-order valence-corrected chi connectivity index (χ0v) is 9.31. The summed E-state index contributed by atoms with van der Waals surface area (Å²) in [4.78, 5) is 0. The van der Waals surface area contributed by atoms with E-state index in [-0.39, 0.29) is 6.04 Å². The number of aromatic amines is 1. The van der Waals surface area contributed by atoms with Crippen molar-refractivity contribution in [1.82, 2.24) is 20.7 Å². The van der Waals surface area contributed by atoms with Gasteiger partial charge in [0.2, 0.25) is 0 Å². The topological polar surface area (TPSA) is 66.7 Å². The van der Waals surface area contributed by atoms with Gasteiger partial charge in [-0.3, -0.25) is 0 Å². The first-order chi connectivity index (χ1) is 7.90. The first kappa shape index (κ1) is 10.9. The highest BCUT2D eigenvalue weighted by atomic mass is 16.3. The summed E-state index contributed by atoms with van der Waals surface area (Å²) < 4.78 is 5.34. The van der Waals surface area contributed by atoms with Crippen molar-refractivity contribution >= 4 is 0 Å². The summed E-state index contributed by atoms with van der Waals surface area (Å²) in [5.41, 5.74) is 0.921. The fourth-order valence-corrected chi connectivity index (χ4v) is 1.61. The van der Waals surface area contributed by atoms with Crippen LogP contribution in [-0.4, -0.2) is 22.0 Å². The monoisotopic (exact) mass is 220 g/mol. The molecule has 0 aliphatic heterocycles. The molecule has 5 nitrogen and oxygen atoms in total. The molecule has 2 aromatic rings. The number of aromatic nitrogens is 3. The lowest BCUT2D eigenvalue weighted by Crippen LogP contribution is -2.24. The smallest absolute Gasteiger partial charge is 0.105 e. The number of hydrogen-bond acceptors (Lipinski definition) is 4. The van der Waals surface area contributed by atoms with Gasteiger partial charge in [0.25, 0.3) is 0 Å². The van der Waals surface area contributed by atoms with Crippen molar-refractivity contribution in [2.75, 3.05) is 6.54 Å². The Balaban J connectivity index is 2.03. The summed E-state index contributed by atoms with van der Waals surface area (Å²) in [6.07, 6.45) is 5.32. The predicted molar refractivity (Wildman–Crippen MR) is 59.8 cm³/mol. The molecular weight excluding hydrogens is 204 g/mol. The van der Waals surface area contributed by atoms with Crippen molar-refractivity contribution in [3.63, 3.8) is 0 Å². The van der Waals surface area contributed by atoms with E-state index in [4.69, 9.17) is 4.42 Å². The van der Waals surface area contributed by atoms with E-state index in [9.17, 15) is 0 Å². The van der Waals surface area contributed by atoms with Crippen molar-refractivity contribution in [3.8, 4) is 0 Å². The van der Waals surface area contributed by atoms with Crippen LogP contribution in [0.15, 0.2) is 29.0 Å². The quantitative estimate of drug-likeness (QED) is 0.777. The molecule has 0 aliphatic rings. The van der Waals surface area contributed by atoms with E-state index in [1.807, 2.05) is 12.1 Å². The van der Waals surface area contributed by atoms with E-state index in [2.05, 4.69) is 27.7 Å². The Kier molecular flexibility index (Phi) is 3.71. The fourth-order valence-electron chi connectivity index (χ4n) is 1.61. The summed E-state index contributed by atoms with van der Waals surface area (Å²) in [5, 5.41) is 14.0. The summed E-state index contributed by atoms with van der Waals surface area (Å²) in [6.45, 7) is 3.10. The van der Waals surface area contributed by atoms with E-state index in [0.717, 1.165) is 30.8 Å². The highest BCUT2D eigenvalue weighted by Gasteiger charge is 2.15. The molecular formula is C11H16N4O. The summed E-state index contributed by atoms with van der Waals surface area (Å²) >= 11 is 0. The number of furan rings is 1. The van der Waals surface area contributed by atoms with Crippen LogP contribution in [0.2, 0.25) is 0 Å². The maximum Gasteiger partial charge on any atom is 0.105 e. The minimum atomic E-state index is 0.157. The second-order valence-corrected chi connectivity index (χ2v) is 3.69. The van der Waals surface area contributed by atoms with E-state index >= 15 is 0 Å². The SMILES string of the molecule is CCCNC(Cc1ccco1)c1cn[nH]n1. The summed E-state index contributed by atoms with van der Waals surface area (Å²) in [6, 6.07) is 4.03. The molecule has 1 atom stereocenters. The van der Waals surface area contributed by atoms with Crippen LogP contribution in [0.4, 0.5) is 0 Å². The lowest BCUT2D eigenvalue weighted by atomic mass is 10.1. The molecule has 2 heterocycles.